The van der Waals surface area contributed by atoms with E-state index in [0.29, 0.717) is 12.8 Å². The summed E-state index contributed by atoms with van der Waals surface area (Å²) in [6.45, 7) is 3.62. The summed E-state index contributed by atoms with van der Waals surface area (Å²) >= 11 is 0. The van der Waals surface area contributed by atoms with Crippen molar-refractivity contribution in [1.29, 1.82) is 0 Å². The maximum Gasteiger partial charge on any atom is 0.330 e. The summed E-state index contributed by atoms with van der Waals surface area (Å²) in [7, 11) is 0. The molecule has 1 saturated carbocycles. The lowest BCUT2D eigenvalue weighted by molar-refractivity contribution is -0.412. The van der Waals surface area contributed by atoms with Gasteiger partial charge in [-0.3, -0.25) is 0 Å². The predicted octanol–water partition coefficient (Wildman–Crippen LogP) is 1.88. The second-order valence-corrected chi connectivity index (χ2v) is 3.78. The quantitative estimate of drug-likeness (QED) is 0.188. The summed E-state index contributed by atoms with van der Waals surface area (Å²) in [5.41, 5.74) is 0. The number of carbonyl (C=O) groups is 1. The summed E-state index contributed by atoms with van der Waals surface area (Å²) in [5.74, 6) is -1.38. The van der Waals surface area contributed by atoms with E-state index in [4.69, 9.17) is 14.7 Å². The summed E-state index contributed by atoms with van der Waals surface area (Å²) in [6, 6.07) is 0. The van der Waals surface area contributed by atoms with Crippen LogP contribution in [0.1, 0.15) is 32.1 Å². The van der Waals surface area contributed by atoms with Crippen molar-refractivity contribution in [2.75, 3.05) is 13.2 Å². The van der Waals surface area contributed by atoms with E-state index in [1.165, 1.54) is 0 Å². The van der Waals surface area contributed by atoms with E-state index in [2.05, 4.69) is 11.5 Å². The summed E-state index contributed by atoms with van der Waals surface area (Å²) in [6.07, 6.45) is 5.48. The first-order valence-electron chi connectivity index (χ1n) is 5.48. The third kappa shape index (κ3) is 3.92. The van der Waals surface area contributed by atoms with Crippen LogP contribution in [0, 0.1) is 0 Å². The molecule has 1 aliphatic rings. The van der Waals surface area contributed by atoms with Crippen LogP contribution in [-0.2, 0) is 19.2 Å². The van der Waals surface area contributed by atoms with Gasteiger partial charge in [0.25, 0.3) is 0 Å². The molecule has 5 nitrogen and oxygen atoms in total. The Morgan fingerprint density at radius 2 is 2.00 bits per heavy atom. The van der Waals surface area contributed by atoms with Gasteiger partial charge >= 0.3 is 5.97 Å². The van der Waals surface area contributed by atoms with E-state index in [1.807, 2.05) is 0 Å². The first kappa shape index (κ1) is 13.2. The molecule has 1 N–H and O–H groups in total. The molecule has 92 valence electrons. The van der Waals surface area contributed by atoms with E-state index in [-0.39, 0.29) is 13.2 Å². The Bertz CT molecular complexity index is 233. The molecule has 0 radical (unpaired) electrons. The van der Waals surface area contributed by atoms with E-state index in [9.17, 15) is 4.79 Å². The molecule has 0 aromatic heterocycles. The second-order valence-electron chi connectivity index (χ2n) is 3.78. The zero-order chi connectivity index (χ0) is 11.9. The number of carbonyl (C=O) groups excluding carboxylic acids is 1. The maximum absolute atomic E-state index is 10.7. The average molecular weight is 230 g/mol. The highest BCUT2D eigenvalue weighted by molar-refractivity contribution is 5.81. The number of hydrogen-bond acceptors (Lipinski definition) is 5. The number of rotatable bonds is 6. The van der Waals surface area contributed by atoms with Gasteiger partial charge in [-0.2, -0.15) is 0 Å². The fraction of sp³-hybridized carbons (Fsp3) is 0.727. The molecule has 1 fully saturated rings. The van der Waals surface area contributed by atoms with Crippen LogP contribution in [0.25, 0.3) is 0 Å². The zero-order valence-corrected chi connectivity index (χ0v) is 9.31. The molecule has 5 heteroatoms. The Kier molecular flexibility index (Phi) is 5.45. The first-order valence-corrected chi connectivity index (χ1v) is 5.48. The predicted molar refractivity (Wildman–Crippen MR) is 56.6 cm³/mol. The minimum absolute atomic E-state index is 0.135. The minimum atomic E-state index is -0.904. The van der Waals surface area contributed by atoms with Crippen LogP contribution in [0.3, 0.4) is 0 Å². The molecule has 0 aromatic carbocycles. The molecule has 0 saturated heterocycles. The van der Waals surface area contributed by atoms with Crippen LogP contribution in [0.2, 0.25) is 0 Å². The first-order chi connectivity index (χ1) is 7.72. The third-order valence-electron chi connectivity index (χ3n) is 2.64. The van der Waals surface area contributed by atoms with Gasteiger partial charge in [-0.15, -0.1) is 0 Å². The Morgan fingerprint density at radius 1 is 1.31 bits per heavy atom. The molecule has 0 spiro atoms. The zero-order valence-electron chi connectivity index (χ0n) is 9.31. The number of ether oxygens (including phenoxy) is 2. The number of hydrogen-bond donors (Lipinski definition) is 1. The average Bonchev–Trinajstić information content (AvgIpc) is 2.35. The van der Waals surface area contributed by atoms with Crippen molar-refractivity contribution in [2.45, 2.75) is 37.9 Å². The van der Waals surface area contributed by atoms with Gasteiger partial charge in [0.05, 0.1) is 6.61 Å². The van der Waals surface area contributed by atoms with E-state index >= 15 is 0 Å². The van der Waals surface area contributed by atoms with Crippen LogP contribution in [0.5, 0.6) is 0 Å². The van der Waals surface area contributed by atoms with Crippen molar-refractivity contribution in [3.63, 3.8) is 0 Å². The van der Waals surface area contributed by atoms with Gasteiger partial charge in [-0.25, -0.2) is 14.9 Å². The Morgan fingerprint density at radius 3 is 2.56 bits per heavy atom. The fourth-order valence-corrected chi connectivity index (χ4v) is 1.78. The van der Waals surface area contributed by atoms with Crippen LogP contribution >= 0.6 is 0 Å². The van der Waals surface area contributed by atoms with Crippen molar-refractivity contribution in [1.82, 2.24) is 0 Å². The molecule has 1 rings (SSSR count). The monoisotopic (exact) mass is 230 g/mol. The van der Waals surface area contributed by atoms with Gasteiger partial charge in [0.1, 0.15) is 6.61 Å². The lowest BCUT2D eigenvalue weighted by atomic mass is 9.94. The molecule has 0 bridgehead atoms. The summed E-state index contributed by atoms with van der Waals surface area (Å²) in [5, 5.41) is 8.85. The van der Waals surface area contributed by atoms with Crippen molar-refractivity contribution in [2.24, 2.45) is 0 Å². The Hall–Kier alpha value is -0.910. The molecular weight excluding hydrogens is 212 g/mol. The maximum atomic E-state index is 10.7. The van der Waals surface area contributed by atoms with Gasteiger partial charge < -0.3 is 9.47 Å². The topological polar surface area (TPSA) is 65.0 Å². The molecule has 1 aliphatic carbocycles. The van der Waals surface area contributed by atoms with Crippen LogP contribution < -0.4 is 0 Å². The molecule has 0 atom stereocenters. The molecule has 16 heavy (non-hydrogen) atoms. The molecule has 0 unspecified atom stereocenters. The summed E-state index contributed by atoms with van der Waals surface area (Å²) < 4.78 is 10.2. The highest BCUT2D eigenvalue weighted by atomic mass is 17.1. The normalized spacial score (nSPS) is 19.1. The fourth-order valence-electron chi connectivity index (χ4n) is 1.78. The largest absolute Gasteiger partial charge is 0.460 e. The Labute approximate surface area is 94.9 Å². The lowest BCUT2D eigenvalue weighted by Crippen LogP contribution is -2.38. The van der Waals surface area contributed by atoms with Crippen LogP contribution in [0.15, 0.2) is 12.7 Å². The second kappa shape index (κ2) is 6.62. The number of esters is 1. The van der Waals surface area contributed by atoms with Gasteiger partial charge in [0.15, 0.2) is 0 Å². The highest BCUT2D eigenvalue weighted by Crippen LogP contribution is 2.31. The van der Waals surface area contributed by atoms with Crippen molar-refractivity contribution in [3.05, 3.63) is 12.7 Å². The van der Waals surface area contributed by atoms with Crippen molar-refractivity contribution in [3.8, 4) is 0 Å². The van der Waals surface area contributed by atoms with Crippen molar-refractivity contribution < 1.29 is 24.4 Å². The SMILES string of the molecule is C=CC(=O)OCCOC1(OO)CCCCC1. The van der Waals surface area contributed by atoms with Crippen LogP contribution in [-0.4, -0.2) is 30.2 Å². The van der Waals surface area contributed by atoms with Crippen LogP contribution in [0.4, 0.5) is 0 Å². The van der Waals surface area contributed by atoms with Gasteiger partial charge in [-0.05, 0) is 12.8 Å². The highest BCUT2D eigenvalue weighted by Gasteiger charge is 2.34. The van der Waals surface area contributed by atoms with E-state index in [0.717, 1.165) is 25.3 Å². The third-order valence-corrected chi connectivity index (χ3v) is 2.64. The molecular formula is C11H18O5. The molecule has 0 amide bonds. The van der Waals surface area contributed by atoms with Gasteiger partial charge in [-0.1, -0.05) is 13.0 Å². The minimum Gasteiger partial charge on any atom is -0.460 e. The molecule has 0 aliphatic heterocycles. The molecule has 0 heterocycles. The summed E-state index contributed by atoms with van der Waals surface area (Å²) in [4.78, 5) is 15.2. The van der Waals surface area contributed by atoms with Gasteiger partial charge in [0, 0.05) is 18.9 Å². The smallest absolute Gasteiger partial charge is 0.330 e. The standard InChI is InChI=1S/C11H18O5/c1-2-10(12)14-8-9-15-11(16-13)6-4-3-5-7-11/h2,13H,1,3-9H2. The van der Waals surface area contributed by atoms with Crippen molar-refractivity contribution >= 4 is 5.97 Å². The van der Waals surface area contributed by atoms with Gasteiger partial charge in [0.2, 0.25) is 5.79 Å². The lowest BCUT2D eigenvalue weighted by Gasteiger charge is -2.33. The van der Waals surface area contributed by atoms with E-state index in [1.54, 1.807) is 0 Å². The van der Waals surface area contributed by atoms with E-state index < -0.39 is 11.8 Å². The molecule has 0 aromatic rings. The Balaban J connectivity index is 2.23.